The average molecular weight is 230 g/mol. The number of rotatable bonds is 1. The molecule has 0 aliphatic carbocycles. The molecule has 2 rings (SSSR count). The summed E-state index contributed by atoms with van der Waals surface area (Å²) in [7, 11) is 0. The molecule has 1 fully saturated rings. The molecule has 0 spiro atoms. The third-order valence-corrected chi connectivity index (χ3v) is 3.04. The molecule has 0 amide bonds. The highest BCUT2D eigenvalue weighted by atomic mass is 35.5. The largest absolute Gasteiger partial charge is 0.364 e. The number of benzene rings is 1. The van der Waals surface area contributed by atoms with Crippen LogP contribution in [0.15, 0.2) is 18.2 Å². The molecule has 0 N–H and O–H groups in total. The zero-order chi connectivity index (χ0) is 10.1. The molecular formula is C10H9Cl2NO. The van der Waals surface area contributed by atoms with Crippen molar-refractivity contribution >= 4 is 34.7 Å². The Bertz CT molecular complexity index is 378. The molecule has 0 unspecified atom stereocenters. The molecule has 1 aliphatic heterocycles. The van der Waals surface area contributed by atoms with Gasteiger partial charge in [0.1, 0.15) is 0 Å². The lowest BCUT2D eigenvalue weighted by Crippen LogP contribution is -2.19. The summed E-state index contributed by atoms with van der Waals surface area (Å²) >= 11 is 11.7. The second kappa shape index (κ2) is 3.79. The molecule has 0 radical (unpaired) electrons. The van der Waals surface area contributed by atoms with Crippen LogP contribution in [0.5, 0.6) is 0 Å². The molecule has 0 saturated carbocycles. The molecular weight excluding hydrogens is 221 g/mol. The average Bonchev–Trinajstić information content (AvgIpc) is 2.57. The summed E-state index contributed by atoms with van der Waals surface area (Å²) in [4.78, 5) is 13.1. The van der Waals surface area contributed by atoms with E-state index < -0.39 is 0 Å². The van der Waals surface area contributed by atoms with Gasteiger partial charge in [-0.05, 0) is 18.2 Å². The van der Waals surface area contributed by atoms with Crippen molar-refractivity contribution in [2.24, 2.45) is 0 Å². The normalized spacial score (nSPS) is 16.4. The van der Waals surface area contributed by atoms with Crippen LogP contribution < -0.4 is 4.90 Å². The van der Waals surface area contributed by atoms with Gasteiger partial charge in [-0.3, -0.25) is 4.79 Å². The molecule has 74 valence electrons. The van der Waals surface area contributed by atoms with Crippen molar-refractivity contribution in [1.82, 2.24) is 0 Å². The van der Waals surface area contributed by atoms with Crippen LogP contribution in [0.25, 0.3) is 0 Å². The molecule has 4 heteroatoms. The van der Waals surface area contributed by atoms with Crippen LogP contribution in [0.2, 0.25) is 10.0 Å². The Kier molecular flexibility index (Phi) is 2.66. The van der Waals surface area contributed by atoms with E-state index in [2.05, 4.69) is 0 Å². The Morgan fingerprint density at radius 2 is 2.00 bits per heavy atom. The van der Waals surface area contributed by atoms with Gasteiger partial charge in [-0.25, -0.2) is 0 Å². The highest BCUT2D eigenvalue weighted by Gasteiger charge is 2.19. The van der Waals surface area contributed by atoms with Gasteiger partial charge in [0, 0.05) is 18.7 Å². The molecule has 0 aromatic heterocycles. The Morgan fingerprint density at radius 3 is 2.57 bits per heavy atom. The summed E-state index contributed by atoms with van der Waals surface area (Å²) in [5, 5.41) is 1.07. The summed E-state index contributed by atoms with van der Waals surface area (Å²) in [6.07, 6.45) is 0.625. The van der Waals surface area contributed by atoms with E-state index in [4.69, 9.17) is 23.2 Å². The smallest absolute Gasteiger partial charge is 0.153 e. The first-order chi connectivity index (χ1) is 6.66. The lowest BCUT2D eigenvalue weighted by Gasteiger charge is -2.16. The first-order valence-electron chi connectivity index (χ1n) is 4.38. The second-order valence-corrected chi connectivity index (χ2v) is 4.12. The first kappa shape index (κ1) is 9.81. The number of halogens is 2. The molecule has 1 heterocycles. The maximum absolute atomic E-state index is 11.1. The third kappa shape index (κ3) is 1.86. The van der Waals surface area contributed by atoms with E-state index in [1.165, 1.54) is 0 Å². The standard InChI is InChI=1S/C10H9Cl2NO/c11-9-2-1-7(5-10(9)12)13-4-3-8(14)6-13/h1-2,5H,3-4,6H2. The zero-order valence-corrected chi connectivity index (χ0v) is 8.98. The van der Waals surface area contributed by atoms with Crippen LogP contribution in [-0.4, -0.2) is 18.9 Å². The molecule has 1 aromatic rings. The van der Waals surface area contributed by atoms with Crippen LogP contribution in [0, 0.1) is 0 Å². The number of Topliss-reactive ketones (excluding diaryl/α,β-unsaturated/α-hetero) is 1. The van der Waals surface area contributed by atoms with Crippen molar-refractivity contribution in [2.75, 3.05) is 18.0 Å². The zero-order valence-electron chi connectivity index (χ0n) is 7.46. The van der Waals surface area contributed by atoms with Gasteiger partial charge in [0.05, 0.1) is 16.6 Å². The van der Waals surface area contributed by atoms with Crippen molar-refractivity contribution in [3.8, 4) is 0 Å². The lowest BCUT2D eigenvalue weighted by molar-refractivity contribution is -0.116. The predicted octanol–water partition coefficient (Wildman–Crippen LogP) is 2.77. The molecule has 14 heavy (non-hydrogen) atoms. The van der Waals surface area contributed by atoms with Gasteiger partial charge in [-0.1, -0.05) is 23.2 Å². The fraction of sp³-hybridized carbons (Fsp3) is 0.300. The van der Waals surface area contributed by atoms with Crippen molar-refractivity contribution in [3.05, 3.63) is 28.2 Å². The minimum Gasteiger partial charge on any atom is -0.364 e. The number of hydrogen-bond donors (Lipinski definition) is 0. The van der Waals surface area contributed by atoms with E-state index in [0.29, 0.717) is 23.0 Å². The molecule has 1 aromatic carbocycles. The van der Waals surface area contributed by atoms with Crippen LogP contribution in [0.4, 0.5) is 5.69 Å². The van der Waals surface area contributed by atoms with Gasteiger partial charge >= 0.3 is 0 Å². The van der Waals surface area contributed by atoms with Crippen LogP contribution in [0.3, 0.4) is 0 Å². The number of carbonyl (C=O) groups is 1. The van der Waals surface area contributed by atoms with Crippen LogP contribution in [0.1, 0.15) is 6.42 Å². The van der Waals surface area contributed by atoms with Gasteiger partial charge in [-0.15, -0.1) is 0 Å². The van der Waals surface area contributed by atoms with E-state index >= 15 is 0 Å². The van der Waals surface area contributed by atoms with Gasteiger partial charge < -0.3 is 4.90 Å². The van der Waals surface area contributed by atoms with Crippen LogP contribution >= 0.6 is 23.2 Å². The maximum Gasteiger partial charge on any atom is 0.153 e. The second-order valence-electron chi connectivity index (χ2n) is 3.31. The van der Waals surface area contributed by atoms with E-state index in [0.717, 1.165) is 12.2 Å². The SMILES string of the molecule is O=C1CCN(c2ccc(Cl)c(Cl)c2)C1. The Labute approximate surface area is 92.4 Å². The summed E-state index contributed by atoms with van der Waals surface area (Å²) in [5.74, 6) is 0.274. The molecule has 0 atom stereocenters. The Hall–Kier alpha value is -0.730. The number of carbonyl (C=O) groups excluding carboxylic acids is 1. The lowest BCUT2D eigenvalue weighted by atomic mass is 10.3. The minimum atomic E-state index is 0.274. The molecule has 1 saturated heterocycles. The number of hydrogen-bond acceptors (Lipinski definition) is 2. The fourth-order valence-corrected chi connectivity index (χ4v) is 1.83. The van der Waals surface area contributed by atoms with Crippen molar-refractivity contribution in [3.63, 3.8) is 0 Å². The van der Waals surface area contributed by atoms with E-state index in [-0.39, 0.29) is 5.78 Å². The van der Waals surface area contributed by atoms with Crippen molar-refractivity contribution in [1.29, 1.82) is 0 Å². The molecule has 2 nitrogen and oxygen atoms in total. The maximum atomic E-state index is 11.1. The number of ketones is 1. The van der Waals surface area contributed by atoms with Gasteiger partial charge in [0.15, 0.2) is 5.78 Å². The highest BCUT2D eigenvalue weighted by Crippen LogP contribution is 2.28. The Balaban J connectivity index is 2.24. The van der Waals surface area contributed by atoms with E-state index in [9.17, 15) is 4.79 Å². The Morgan fingerprint density at radius 1 is 1.21 bits per heavy atom. The monoisotopic (exact) mass is 229 g/mol. The molecule has 1 aliphatic rings. The fourth-order valence-electron chi connectivity index (χ4n) is 1.53. The van der Waals surface area contributed by atoms with E-state index in [1.807, 2.05) is 11.0 Å². The summed E-state index contributed by atoms with van der Waals surface area (Å²) in [6.45, 7) is 1.26. The van der Waals surface area contributed by atoms with Gasteiger partial charge in [-0.2, -0.15) is 0 Å². The summed E-state index contributed by atoms with van der Waals surface area (Å²) in [6, 6.07) is 5.43. The summed E-state index contributed by atoms with van der Waals surface area (Å²) in [5.41, 5.74) is 0.963. The molecule has 0 bridgehead atoms. The number of nitrogens with zero attached hydrogens (tertiary/aromatic N) is 1. The van der Waals surface area contributed by atoms with Gasteiger partial charge in [0.2, 0.25) is 0 Å². The topological polar surface area (TPSA) is 20.3 Å². The highest BCUT2D eigenvalue weighted by molar-refractivity contribution is 6.42. The van der Waals surface area contributed by atoms with Crippen molar-refractivity contribution in [2.45, 2.75) is 6.42 Å². The summed E-state index contributed by atoms with van der Waals surface area (Å²) < 4.78 is 0. The van der Waals surface area contributed by atoms with Crippen LogP contribution in [-0.2, 0) is 4.79 Å². The van der Waals surface area contributed by atoms with Crippen molar-refractivity contribution < 1.29 is 4.79 Å². The van der Waals surface area contributed by atoms with Gasteiger partial charge in [0.25, 0.3) is 0 Å². The van der Waals surface area contributed by atoms with E-state index in [1.54, 1.807) is 12.1 Å². The minimum absolute atomic E-state index is 0.274. The predicted molar refractivity (Wildman–Crippen MR) is 58.3 cm³/mol. The first-order valence-corrected chi connectivity index (χ1v) is 5.14. The quantitative estimate of drug-likeness (QED) is 0.739. The number of anilines is 1. The third-order valence-electron chi connectivity index (χ3n) is 2.30.